The molecule has 1 rings (SSSR count). The van der Waals surface area contributed by atoms with Crippen LogP contribution in [0, 0.1) is 6.92 Å². The molecular formula is C12H20O. The van der Waals surface area contributed by atoms with Crippen LogP contribution >= 0.6 is 0 Å². The van der Waals surface area contributed by atoms with Crippen molar-refractivity contribution in [2.45, 2.75) is 33.1 Å². The van der Waals surface area contributed by atoms with Crippen LogP contribution in [0.2, 0.25) is 0 Å². The molecule has 1 N–H and O–H groups in total. The average Bonchev–Trinajstić information content (AvgIpc) is 2.20. The minimum absolute atomic E-state index is 1.00. The molecular weight excluding hydrogens is 160 g/mol. The van der Waals surface area contributed by atoms with Crippen molar-refractivity contribution in [3.8, 4) is 0 Å². The molecule has 74 valence electrons. The maximum Gasteiger partial charge on any atom is 0.0319 e. The lowest BCUT2D eigenvalue weighted by molar-refractivity contribution is 0.399. The predicted molar refractivity (Wildman–Crippen MR) is 57.9 cm³/mol. The molecule has 0 saturated carbocycles. The van der Waals surface area contributed by atoms with E-state index in [0.717, 1.165) is 7.11 Å². The summed E-state index contributed by atoms with van der Waals surface area (Å²) in [5.74, 6) is 0. The SMILES string of the molecule is CCCCc1ccccc1C.CO. The van der Waals surface area contributed by atoms with Gasteiger partial charge in [-0.25, -0.2) is 0 Å². The van der Waals surface area contributed by atoms with Crippen molar-refractivity contribution in [2.24, 2.45) is 0 Å². The summed E-state index contributed by atoms with van der Waals surface area (Å²) in [5.41, 5.74) is 2.94. The molecule has 0 fully saturated rings. The molecule has 13 heavy (non-hydrogen) atoms. The van der Waals surface area contributed by atoms with E-state index in [0.29, 0.717) is 0 Å². The Morgan fingerprint density at radius 1 is 1.15 bits per heavy atom. The molecule has 0 spiro atoms. The second kappa shape index (κ2) is 7.81. The number of aryl methyl sites for hydroxylation is 2. The van der Waals surface area contributed by atoms with Crippen molar-refractivity contribution in [1.82, 2.24) is 0 Å². The summed E-state index contributed by atoms with van der Waals surface area (Å²) < 4.78 is 0. The lowest BCUT2D eigenvalue weighted by atomic mass is 10.0. The topological polar surface area (TPSA) is 20.2 Å². The van der Waals surface area contributed by atoms with Crippen molar-refractivity contribution in [3.63, 3.8) is 0 Å². The van der Waals surface area contributed by atoms with Crippen molar-refractivity contribution < 1.29 is 5.11 Å². The highest BCUT2D eigenvalue weighted by Gasteiger charge is 1.94. The van der Waals surface area contributed by atoms with E-state index in [4.69, 9.17) is 5.11 Å². The average molecular weight is 180 g/mol. The largest absolute Gasteiger partial charge is 0.400 e. The van der Waals surface area contributed by atoms with Crippen LogP contribution in [0.5, 0.6) is 0 Å². The summed E-state index contributed by atoms with van der Waals surface area (Å²) in [5, 5.41) is 7.00. The molecule has 0 radical (unpaired) electrons. The molecule has 0 unspecified atom stereocenters. The van der Waals surface area contributed by atoms with Crippen LogP contribution in [-0.4, -0.2) is 12.2 Å². The third kappa shape index (κ3) is 4.69. The number of rotatable bonds is 3. The molecule has 1 aromatic rings. The highest BCUT2D eigenvalue weighted by Crippen LogP contribution is 2.09. The Bertz CT molecular complexity index is 218. The standard InChI is InChI=1S/C11H16.CH4O/c1-3-4-8-11-9-6-5-7-10(11)2;1-2/h5-7,9H,3-4,8H2,1-2H3;2H,1H3. The van der Waals surface area contributed by atoms with Crippen LogP contribution < -0.4 is 0 Å². The molecule has 0 aliphatic rings. The molecule has 0 heterocycles. The first-order valence-corrected chi connectivity index (χ1v) is 4.84. The summed E-state index contributed by atoms with van der Waals surface area (Å²) in [6, 6.07) is 8.64. The van der Waals surface area contributed by atoms with Gasteiger partial charge in [-0.1, -0.05) is 37.6 Å². The minimum Gasteiger partial charge on any atom is -0.400 e. The second-order valence-electron chi connectivity index (χ2n) is 3.03. The van der Waals surface area contributed by atoms with Crippen LogP contribution in [0.15, 0.2) is 24.3 Å². The van der Waals surface area contributed by atoms with Gasteiger partial charge in [-0.05, 0) is 30.9 Å². The van der Waals surface area contributed by atoms with Crippen molar-refractivity contribution >= 4 is 0 Å². The smallest absolute Gasteiger partial charge is 0.0319 e. The highest BCUT2D eigenvalue weighted by molar-refractivity contribution is 5.25. The van der Waals surface area contributed by atoms with Gasteiger partial charge in [0.1, 0.15) is 0 Å². The fourth-order valence-corrected chi connectivity index (χ4v) is 1.26. The summed E-state index contributed by atoms with van der Waals surface area (Å²) in [6.07, 6.45) is 3.84. The van der Waals surface area contributed by atoms with Crippen LogP contribution in [-0.2, 0) is 6.42 Å². The third-order valence-electron chi connectivity index (χ3n) is 2.06. The van der Waals surface area contributed by atoms with E-state index in [1.807, 2.05) is 0 Å². The number of hydrogen-bond donors (Lipinski definition) is 1. The fourth-order valence-electron chi connectivity index (χ4n) is 1.26. The van der Waals surface area contributed by atoms with Gasteiger partial charge in [0.05, 0.1) is 0 Å². The Morgan fingerprint density at radius 2 is 1.77 bits per heavy atom. The zero-order chi connectivity index (χ0) is 10.1. The van der Waals surface area contributed by atoms with E-state index in [9.17, 15) is 0 Å². The van der Waals surface area contributed by atoms with E-state index in [1.165, 1.54) is 30.4 Å². The molecule has 1 heteroatoms. The van der Waals surface area contributed by atoms with Crippen LogP contribution in [0.25, 0.3) is 0 Å². The maximum absolute atomic E-state index is 7.00. The summed E-state index contributed by atoms with van der Waals surface area (Å²) in [4.78, 5) is 0. The van der Waals surface area contributed by atoms with Gasteiger partial charge < -0.3 is 5.11 Å². The normalized spacial score (nSPS) is 8.92. The van der Waals surface area contributed by atoms with Crippen molar-refractivity contribution in [2.75, 3.05) is 7.11 Å². The van der Waals surface area contributed by atoms with Gasteiger partial charge in [0, 0.05) is 7.11 Å². The van der Waals surface area contributed by atoms with Crippen molar-refractivity contribution in [3.05, 3.63) is 35.4 Å². The van der Waals surface area contributed by atoms with E-state index < -0.39 is 0 Å². The Kier molecular flexibility index (Phi) is 7.32. The summed E-state index contributed by atoms with van der Waals surface area (Å²) in [7, 11) is 1.00. The molecule has 0 amide bonds. The Hall–Kier alpha value is -0.820. The molecule has 0 bridgehead atoms. The maximum atomic E-state index is 7.00. The predicted octanol–water partition coefficient (Wildman–Crippen LogP) is 2.95. The van der Waals surface area contributed by atoms with Crippen LogP contribution in [0.1, 0.15) is 30.9 Å². The molecule has 1 aromatic carbocycles. The first-order chi connectivity index (χ1) is 6.34. The van der Waals surface area contributed by atoms with Gasteiger partial charge >= 0.3 is 0 Å². The number of unbranched alkanes of at least 4 members (excludes halogenated alkanes) is 1. The highest BCUT2D eigenvalue weighted by atomic mass is 16.2. The number of aliphatic hydroxyl groups is 1. The number of aliphatic hydroxyl groups excluding tert-OH is 1. The molecule has 0 saturated heterocycles. The summed E-state index contributed by atoms with van der Waals surface area (Å²) >= 11 is 0. The first-order valence-electron chi connectivity index (χ1n) is 4.84. The minimum atomic E-state index is 1.00. The van der Waals surface area contributed by atoms with E-state index in [1.54, 1.807) is 0 Å². The number of benzene rings is 1. The Morgan fingerprint density at radius 3 is 2.31 bits per heavy atom. The first kappa shape index (κ1) is 12.2. The Balaban J connectivity index is 0.000000671. The zero-order valence-electron chi connectivity index (χ0n) is 8.88. The van der Waals surface area contributed by atoms with E-state index >= 15 is 0 Å². The quantitative estimate of drug-likeness (QED) is 0.758. The van der Waals surface area contributed by atoms with Gasteiger partial charge in [-0.15, -0.1) is 0 Å². The van der Waals surface area contributed by atoms with Crippen LogP contribution in [0.4, 0.5) is 0 Å². The third-order valence-corrected chi connectivity index (χ3v) is 2.06. The molecule has 0 aromatic heterocycles. The Labute approximate surface area is 81.4 Å². The molecule has 1 nitrogen and oxygen atoms in total. The van der Waals surface area contributed by atoms with E-state index in [2.05, 4.69) is 38.1 Å². The van der Waals surface area contributed by atoms with E-state index in [-0.39, 0.29) is 0 Å². The fraction of sp³-hybridized carbons (Fsp3) is 0.500. The van der Waals surface area contributed by atoms with Gasteiger partial charge in [-0.2, -0.15) is 0 Å². The number of hydrogen-bond acceptors (Lipinski definition) is 1. The molecule has 0 atom stereocenters. The zero-order valence-corrected chi connectivity index (χ0v) is 8.88. The molecule has 0 aliphatic heterocycles. The second-order valence-corrected chi connectivity index (χ2v) is 3.03. The lowest BCUT2D eigenvalue weighted by Crippen LogP contribution is -1.87. The van der Waals surface area contributed by atoms with Gasteiger partial charge in [-0.3, -0.25) is 0 Å². The molecule has 0 aliphatic carbocycles. The van der Waals surface area contributed by atoms with Gasteiger partial charge in [0.2, 0.25) is 0 Å². The monoisotopic (exact) mass is 180 g/mol. The van der Waals surface area contributed by atoms with Crippen LogP contribution in [0.3, 0.4) is 0 Å². The van der Waals surface area contributed by atoms with Gasteiger partial charge in [0.15, 0.2) is 0 Å². The van der Waals surface area contributed by atoms with Crippen molar-refractivity contribution in [1.29, 1.82) is 0 Å². The summed E-state index contributed by atoms with van der Waals surface area (Å²) in [6.45, 7) is 4.42. The lowest BCUT2D eigenvalue weighted by Gasteiger charge is -2.02. The van der Waals surface area contributed by atoms with Gasteiger partial charge in [0.25, 0.3) is 0 Å².